The van der Waals surface area contributed by atoms with E-state index in [2.05, 4.69) is 0 Å². The number of benzene rings is 2. The molecule has 0 bridgehead atoms. The van der Waals surface area contributed by atoms with Crippen molar-refractivity contribution in [2.75, 3.05) is 13.2 Å². The molecule has 1 fully saturated rings. The van der Waals surface area contributed by atoms with Gasteiger partial charge in [0.05, 0.1) is 30.6 Å². The standard InChI is InChI=1S/C19H20FNO5S/c1-13-2-8-17(9-3-13)27(24,25)21-16(11-22)12-26-19(21)10-18(23)14-4-6-15(20)7-5-14/h2-9,16,19,22H,10-12H2,1H3/t16-,19-/m0/s1. The Kier molecular flexibility index (Phi) is 5.71. The molecule has 0 unspecified atom stereocenters. The Bertz CT molecular complexity index is 912. The van der Waals surface area contributed by atoms with E-state index in [0.29, 0.717) is 0 Å². The van der Waals surface area contributed by atoms with E-state index in [1.165, 1.54) is 36.4 Å². The summed E-state index contributed by atoms with van der Waals surface area (Å²) in [6, 6.07) is 10.6. The van der Waals surface area contributed by atoms with Crippen molar-refractivity contribution in [3.63, 3.8) is 0 Å². The average molecular weight is 393 g/mol. The molecule has 2 atom stereocenters. The van der Waals surface area contributed by atoms with Crippen molar-refractivity contribution >= 4 is 15.8 Å². The van der Waals surface area contributed by atoms with Crippen molar-refractivity contribution in [3.05, 3.63) is 65.5 Å². The average Bonchev–Trinajstić information content (AvgIpc) is 3.06. The van der Waals surface area contributed by atoms with Crippen LogP contribution in [0.3, 0.4) is 0 Å². The molecule has 1 aliphatic rings. The van der Waals surface area contributed by atoms with E-state index < -0.39 is 34.7 Å². The molecular weight excluding hydrogens is 373 g/mol. The Morgan fingerprint density at radius 2 is 1.81 bits per heavy atom. The van der Waals surface area contributed by atoms with Crippen molar-refractivity contribution in [3.8, 4) is 0 Å². The molecule has 1 N–H and O–H groups in total. The fourth-order valence-electron chi connectivity index (χ4n) is 2.98. The van der Waals surface area contributed by atoms with E-state index in [1.807, 2.05) is 6.92 Å². The number of carbonyl (C=O) groups excluding carboxylic acids is 1. The maximum atomic E-state index is 13.1. The Hall–Kier alpha value is -2.13. The van der Waals surface area contributed by atoms with E-state index >= 15 is 0 Å². The number of ketones is 1. The Morgan fingerprint density at radius 1 is 1.19 bits per heavy atom. The molecule has 0 radical (unpaired) electrons. The number of aliphatic hydroxyl groups excluding tert-OH is 1. The van der Waals surface area contributed by atoms with Gasteiger partial charge < -0.3 is 9.84 Å². The first-order chi connectivity index (χ1) is 12.8. The minimum Gasteiger partial charge on any atom is -0.395 e. The summed E-state index contributed by atoms with van der Waals surface area (Å²) in [6.07, 6.45) is -1.27. The molecule has 3 rings (SSSR count). The number of ether oxygens (including phenoxy) is 1. The van der Waals surface area contributed by atoms with E-state index in [-0.39, 0.29) is 29.3 Å². The number of nitrogens with zero attached hydrogens (tertiary/aromatic N) is 1. The fraction of sp³-hybridized carbons (Fsp3) is 0.316. The molecule has 8 heteroatoms. The molecule has 0 saturated carbocycles. The molecule has 144 valence electrons. The summed E-state index contributed by atoms with van der Waals surface area (Å²) in [5.74, 6) is -0.838. The number of rotatable bonds is 6. The van der Waals surface area contributed by atoms with Gasteiger partial charge in [-0.3, -0.25) is 4.79 Å². The third kappa shape index (κ3) is 4.08. The zero-order valence-corrected chi connectivity index (χ0v) is 15.5. The van der Waals surface area contributed by atoms with Crippen LogP contribution >= 0.6 is 0 Å². The lowest BCUT2D eigenvalue weighted by Crippen LogP contribution is -2.44. The van der Waals surface area contributed by atoms with Crippen LogP contribution in [0.25, 0.3) is 0 Å². The van der Waals surface area contributed by atoms with Crippen LogP contribution < -0.4 is 0 Å². The summed E-state index contributed by atoms with van der Waals surface area (Å²) in [5.41, 5.74) is 1.17. The minimum atomic E-state index is -3.96. The molecule has 2 aromatic rings. The van der Waals surface area contributed by atoms with Crippen molar-refractivity contribution in [2.24, 2.45) is 0 Å². The summed E-state index contributed by atoms with van der Waals surface area (Å²) >= 11 is 0. The number of hydrogen-bond acceptors (Lipinski definition) is 5. The van der Waals surface area contributed by atoms with Crippen LogP contribution in [-0.4, -0.2) is 49.1 Å². The molecule has 1 saturated heterocycles. The van der Waals surface area contributed by atoms with Crippen molar-refractivity contribution in [1.29, 1.82) is 0 Å². The molecule has 6 nitrogen and oxygen atoms in total. The largest absolute Gasteiger partial charge is 0.395 e. The van der Waals surface area contributed by atoms with Crippen LogP contribution in [-0.2, 0) is 14.8 Å². The molecule has 1 aliphatic heterocycles. The highest BCUT2D eigenvalue weighted by Crippen LogP contribution is 2.29. The van der Waals surface area contributed by atoms with E-state index in [9.17, 15) is 22.7 Å². The van der Waals surface area contributed by atoms with E-state index in [0.717, 1.165) is 9.87 Å². The number of sulfonamides is 1. The first-order valence-corrected chi connectivity index (χ1v) is 9.88. The summed E-state index contributed by atoms with van der Waals surface area (Å²) in [7, 11) is -3.96. The summed E-state index contributed by atoms with van der Waals surface area (Å²) < 4.78 is 45.7. The Balaban J connectivity index is 1.87. The smallest absolute Gasteiger partial charge is 0.245 e. The second-order valence-electron chi connectivity index (χ2n) is 6.41. The van der Waals surface area contributed by atoms with Crippen LogP contribution in [0.2, 0.25) is 0 Å². The second kappa shape index (κ2) is 7.85. The lowest BCUT2D eigenvalue weighted by molar-refractivity contribution is 0.0536. The zero-order valence-electron chi connectivity index (χ0n) is 14.7. The highest BCUT2D eigenvalue weighted by Gasteiger charge is 2.43. The number of hydrogen-bond donors (Lipinski definition) is 1. The van der Waals surface area contributed by atoms with Gasteiger partial charge in [0.15, 0.2) is 5.78 Å². The summed E-state index contributed by atoms with van der Waals surface area (Å²) in [6.45, 7) is 1.41. The number of carbonyl (C=O) groups is 1. The van der Waals surface area contributed by atoms with Crippen molar-refractivity contribution < 1.29 is 27.4 Å². The lowest BCUT2D eigenvalue weighted by Gasteiger charge is -2.26. The Labute approximate surface area is 157 Å². The number of aryl methyl sites for hydroxylation is 1. The Morgan fingerprint density at radius 3 is 2.41 bits per heavy atom. The van der Waals surface area contributed by atoms with Gasteiger partial charge in [-0.2, -0.15) is 4.31 Å². The summed E-state index contributed by atoms with van der Waals surface area (Å²) in [4.78, 5) is 12.5. The van der Waals surface area contributed by atoms with Crippen molar-refractivity contribution in [2.45, 2.75) is 30.5 Å². The van der Waals surface area contributed by atoms with Crippen LogP contribution in [0, 0.1) is 12.7 Å². The third-order valence-corrected chi connectivity index (χ3v) is 6.41. The summed E-state index contributed by atoms with van der Waals surface area (Å²) in [5, 5.41) is 9.58. The van der Waals surface area contributed by atoms with Gasteiger partial charge in [0.2, 0.25) is 10.0 Å². The SMILES string of the molecule is Cc1ccc(S(=O)(=O)N2[C@@H](CO)CO[C@H]2CC(=O)c2ccc(F)cc2)cc1. The molecule has 2 aromatic carbocycles. The number of halogens is 1. The van der Waals surface area contributed by atoms with Crippen LogP contribution in [0.15, 0.2) is 53.4 Å². The van der Waals surface area contributed by atoms with E-state index in [4.69, 9.17) is 4.74 Å². The number of aliphatic hydroxyl groups is 1. The van der Waals surface area contributed by atoms with Gasteiger partial charge in [0.1, 0.15) is 12.0 Å². The second-order valence-corrected chi connectivity index (χ2v) is 8.25. The van der Waals surface area contributed by atoms with Crippen molar-refractivity contribution in [1.82, 2.24) is 4.31 Å². The third-order valence-electron chi connectivity index (χ3n) is 4.46. The first-order valence-electron chi connectivity index (χ1n) is 8.44. The minimum absolute atomic E-state index is 0.0110. The fourth-order valence-corrected chi connectivity index (χ4v) is 4.67. The van der Waals surface area contributed by atoms with Gasteiger partial charge in [-0.1, -0.05) is 17.7 Å². The van der Waals surface area contributed by atoms with Gasteiger partial charge >= 0.3 is 0 Å². The number of Topliss-reactive ketones (excluding diaryl/α,β-unsaturated/α-hetero) is 1. The predicted octanol–water partition coefficient (Wildman–Crippen LogP) is 2.12. The highest BCUT2D eigenvalue weighted by atomic mass is 32.2. The maximum Gasteiger partial charge on any atom is 0.245 e. The predicted molar refractivity (Wildman–Crippen MR) is 96.2 cm³/mol. The quantitative estimate of drug-likeness (QED) is 0.760. The van der Waals surface area contributed by atoms with E-state index in [1.54, 1.807) is 12.1 Å². The first kappa shape index (κ1) is 19.6. The zero-order chi connectivity index (χ0) is 19.6. The molecule has 27 heavy (non-hydrogen) atoms. The molecule has 0 amide bonds. The van der Waals surface area contributed by atoms with Crippen LogP contribution in [0.4, 0.5) is 4.39 Å². The van der Waals surface area contributed by atoms with Crippen LogP contribution in [0.5, 0.6) is 0 Å². The normalized spacial score (nSPS) is 20.7. The lowest BCUT2D eigenvalue weighted by atomic mass is 10.1. The molecule has 1 heterocycles. The maximum absolute atomic E-state index is 13.1. The topological polar surface area (TPSA) is 83.9 Å². The highest BCUT2D eigenvalue weighted by molar-refractivity contribution is 7.89. The van der Waals surface area contributed by atoms with Gasteiger partial charge in [0.25, 0.3) is 0 Å². The molecule has 0 aliphatic carbocycles. The van der Waals surface area contributed by atoms with Crippen LogP contribution in [0.1, 0.15) is 22.3 Å². The molecule has 0 spiro atoms. The van der Waals surface area contributed by atoms with Gasteiger partial charge in [-0.25, -0.2) is 12.8 Å². The molecule has 0 aromatic heterocycles. The van der Waals surface area contributed by atoms with Gasteiger partial charge in [-0.15, -0.1) is 0 Å². The van der Waals surface area contributed by atoms with Gasteiger partial charge in [-0.05, 0) is 43.3 Å². The molecular formula is C19H20FNO5S. The monoisotopic (exact) mass is 393 g/mol. The van der Waals surface area contributed by atoms with Gasteiger partial charge in [0, 0.05) is 5.56 Å².